The third-order valence-corrected chi connectivity index (χ3v) is 3.58. The molecule has 1 N–H and O–H groups in total. The van der Waals surface area contributed by atoms with E-state index < -0.39 is 5.97 Å². The Hall–Kier alpha value is -1.64. The second kappa shape index (κ2) is 5.13. The highest BCUT2D eigenvalue weighted by molar-refractivity contribution is 5.75. The van der Waals surface area contributed by atoms with Crippen LogP contribution in [0.4, 0.5) is 0 Å². The predicted octanol–water partition coefficient (Wildman–Crippen LogP) is 2.86. The average molecular weight is 232 g/mol. The lowest BCUT2D eigenvalue weighted by atomic mass is 9.75. The van der Waals surface area contributed by atoms with Crippen LogP contribution in [0.1, 0.15) is 47.5 Å². The Labute approximate surface area is 100 Å². The molecule has 3 nitrogen and oxygen atoms in total. The minimum absolute atomic E-state index is 0.0990. The molecule has 0 saturated heterocycles. The van der Waals surface area contributed by atoms with Crippen molar-refractivity contribution in [3.8, 4) is 0 Å². The predicted molar refractivity (Wildman–Crippen MR) is 64.2 cm³/mol. The second-order valence-electron chi connectivity index (χ2n) is 4.62. The van der Waals surface area contributed by atoms with Gasteiger partial charge in [-0.05, 0) is 24.3 Å². The number of hydrogen-bond donors (Lipinski definition) is 1. The lowest BCUT2D eigenvalue weighted by Gasteiger charge is -2.28. The van der Waals surface area contributed by atoms with Gasteiger partial charge in [-0.3, -0.25) is 9.59 Å². The third-order valence-electron chi connectivity index (χ3n) is 3.58. The fourth-order valence-corrected chi connectivity index (χ4v) is 2.65. The highest BCUT2D eigenvalue weighted by Gasteiger charge is 2.31. The summed E-state index contributed by atoms with van der Waals surface area (Å²) in [6.45, 7) is 0. The monoisotopic (exact) mass is 232 g/mol. The van der Waals surface area contributed by atoms with Crippen LogP contribution in [0.5, 0.6) is 0 Å². The van der Waals surface area contributed by atoms with Crippen molar-refractivity contribution in [3.05, 3.63) is 35.4 Å². The molecule has 1 aliphatic carbocycles. The summed E-state index contributed by atoms with van der Waals surface area (Å²) in [5, 5.41) is 9.21. The fourth-order valence-electron chi connectivity index (χ4n) is 2.65. The zero-order valence-corrected chi connectivity index (χ0v) is 9.63. The van der Waals surface area contributed by atoms with Gasteiger partial charge in [0.1, 0.15) is 6.29 Å². The van der Waals surface area contributed by atoms with Crippen molar-refractivity contribution >= 4 is 12.3 Å². The van der Waals surface area contributed by atoms with Crippen LogP contribution >= 0.6 is 0 Å². The van der Waals surface area contributed by atoms with Gasteiger partial charge in [0.15, 0.2) is 0 Å². The van der Waals surface area contributed by atoms with Gasteiger partial charge in [0.2, 0.25) is 0 Å². The average Bonchev–Trinajstić information content (AvgIpc) is 2.39. The summed E-state index contributed by atoms with van der Waals surface area (Å²) < 4.78 is 0. The largest absolute Gasteiger partial charge is 0.481 e. The van der Waals surface area contributed by atoms with Crippen molar-refractivity contribution in [2.24, 2.45) is 5.92 Å². The molecule has 90 valence electrons. The number of carbonyl (C=O) groups is 2. The van der Waals surface area contributed by atoms with Crippen LogP contribution in [0.25, 0.3) is 0 Å². The maximum Gasteiger partial charge on any atom is 0.307 e. The van der Waals surface area contributed by atoms with Gasteiger partial charge >= 0.3 is 5.97 Å². The van der Waals surface area contributed by atoms with Gasteiger partial charge < -0.3 is 5.11 Å². The van der Waals surface area contributed by atoms with E-state index >= 15 is 0 Å². The summed E-state index contributed by atoms with van der Waals surface area (Å²) in [6.07, 6.45) is 4.58. The van der Waals surface area contributed by atoms with Gasteiger partial charge in [-0.25, -0.2) is 0 Å². The van der Waals surface area contributed by atoms with Crippen molar-refractivity contribution in [2.45, 2.75) is 31.6 Å². The molecule has 1 saturated carbocycles. The van der Waals surface area contributed by atoms with Crippen molar-refractivity contribution < 1.29 is 14.7 Å². The molecule has 1 fully saturated rings. The van der Waals surface area contributed by atoms with E-state index in [0.717, 1.165) is 37.5 Å². The SMILES string of the molecule is O=Cc1ccc([C@@H]2CCCC[C@@H]2C(=O)O)cc1. The van der Waals surface area contributed by atoms with Crippen LogP contribution in [0.15, 0.2) is 24.3 Å². The first-order valence-electron chi connectivity index (χ1n) is 6.00. The van der Waals surface area contributed by atoms with Crippen LogP contribution in [-0.4, -0.2) is 17.4 Å². The Morgan fingerprint density at radius 1 is 1.18 bits per heavy atom. The summed E-state index contributed by atoms with van der Waals surface area (Å²) >= 11 is 0. The number of aliphatic carboxylic acids is 1. The molecule has 0 radical (unpaired) electrons. The van der Waals surface area contributed by atoms with E-state index in [0.29, 0.717) is 5.56 Å². The van der Waals surface area contributed by atoms with E-state index in [-0.39, 0.29) is 11.8 Å². The van der Waals surface area contributed by atoms with E-state index in [1.54, 1.807) is 12.1 Å². The Morgan fingerprint density at radius 2 is 1.82 bits per heavy atom. The molecule has 0 spiro atoms. The summed E-state index contributed by atoms with van der Waals surface area (Å²) in [6, 6.07) is 7.29. The van der Waals surface area contributed by atoms with Gasteiger partial charge in [0.25, 0.3) is 0 Å². The Morgan fingerprint density at radius 3 is 2.41 bits per heavy atom. The summed E-state index contributed by atoms with van der Waals surface area (Å²) in [7, 11) is 0. The molecule has 2 atom stereocenters. The van der Waals surface area contributed by atoms with Crippen LogP contribution < -0.4 is 0 Å². The first-order valence-corrected chi connectivity index (χ1v) is 6.00. The molecule has 0 amide bonds. The first-order chi connectivity index (χ1) is 8.22. The molecule has 0 aliphatic heterocycles. The highest BCUT2D eigenvalue weighted by Crippen LogP contribution is 2.37. The molecule has 3 heteroatoms. The van der Waals surface area contributed by atoms with Crippen LogP contribution in [0.3, 0.4) is 0 Å². The van der Waals surface area contributed by atoms with E-state index in [1.807, 2.05) is 12.1 Å². The molecule has 0 bridgehead atoms. The summed E-state index contributed by atoms with van der Waals surface area (Å²) in [5.74, 6) is -0.873. The quantitative estimate of drug-likeness (QED) is 0.815. The smallest absolute Gasteiger partial charge is 0.307 e. The van der Waals surface area contributed by atoms with E-state index in [2.05, 4.69) is 0 Å². The molecule has 0 aromatic heterocycles. The molecular weight excluding hydrogens is 216 g/mol. The number of hydrogen-bond acceptors (Lipinski definition) is 2. The van der Waals surface area contributed by atoms with Crippen LogP contribution in [0.2, 0.25) is 0 Å². The summed E-state index contributed by atoms with van der Waals surface area (Å²) in [4.78, 5) is 21.8. The van der Waals surface area contributed by atoms with Gasteiger partial charge in [-0.1, -0.05) is 37.1 Å². The molecule has 2 rings (SSSR count). The maximum absolute atomic E-state index is 11.2. The van der Waals surface area contributed by atoms with Crippen molar-refractivity contribution in [1.82, 2.24) is 0 Å². The lowest BCUT2D eigenvalue weighted by molar-refractivity contribution is -0.143. The first kappa shape index (κ1) is 11.8. The van der Waals surface area contributed by atoms with E-state index in [4.69, 9.17) is 0 Å². The Kier molecular flexibility index (Phi) is 3.57. The highest BCUT2D eigenvalue weighted by atomic mass is 16.4. The number of carbonyl (C=O) groups excluding carboxylic acids is 1. The lowest BCUT2D eigenvalue weighted by Crippen LogP contribution is -2.25. The van der Waals surface area contributed by atoms with E-state index in [1.165, 1.54) is 0 Å². The van der Waals surface area contributed by atoms with Gasteiger partial charge in [-0.15, -0.1) is 0 Å². The van der Waals surface area contributed by atoms with E-state index in [9.17, 15) is 14.7 Å². The van der Waals surface area contributed by atoms with Gasteiger partial charge in [-0.2, -0.15) is 0 Å². The third kappa shape index (κ3) is 2.54. The molecule has 1 aliphatic rings. The minimum atomic E-state index is -0.700. The zero-order valence-electron chi connectivity index (χ0n) is 9.63. The minimum Gasteiger partial charge on any atom is -0.481 e. The van der Waals surface area contributed by atoms with Crippen molar-refractivity contribution in [3.63, 3.8) is 0 Å². The Balaban J connectivity index is 2.23. The fraction of sp³-hybridized carbons (Fsp3) is 0.429. The molecule has 0 heterocycles. The van der Waals surface area contributed by atoms with Crippen LogP contribution in [-0.2, 0) is 4.79 Å². The molecule has 0 unspecified atom stereocenters. The molecule has 1 aromatic rings. The van der Waals surface area contributed by atoms with Crippen molar-refractivity contribution in [2.75, 3.05) is 0 Å². The Bertz CT molecular complexity index is 408. The van der Waals surface area contributed by atoms with Gasteiger partial charge in [0.05, 0.1) is 5.92 Å². The second-order valence-corrected chi connectivity index (χ2v) is 4.62. The number of aldehydes is 1. The van der Waals surface area contributed by atoms with Crippen LogP contribution in [0, 0.1) is 5.92 Å². The van der Waals surface area contributed by atoms with Gasteiger partial charge in [0, 0.05) is 5.56 Å². The topological polar surface area (TPSA) is 54.4 Å². The molecular formula is C14H16O3. The summed E-state index contributed by atoms with van der Waals surface area (Å²) in [5.41, 5.74) is 1.68. The number of benzene rings is 1. The molecule has 17 heavy (non-hydrogen) atoms. The number of carboxylic acid groups (broad SMARTS) is 1. The molecule has 1 aromatic carbocycles. The number of rotatable bonds is 3. The van der Waals surface area contributed by atoms with Crippen molar-refractivity contribution in [1.29, 1.82) is 0 Å². The standard InChI is InChI=1S/C14H16O3/c15-9-10-5-7-11(8-6-10)12-3-1-2-4-13(12)14(16)17/h5-9,12-13H,1-4H2,(H,16,17)/t12-,13-/m0/s1. The zero-order chi connectivity index (χ0) is 12.3. The number of carboxylic acids is 1. The maximum atomic E-state index is 11.2. The normalized spacial score (nSPS) is 24.2.